The quantitative estimate of drug-likeness (QED) is 0.487. The van der Waals surface area contributed by atoms with E-state index in [1.54, 1.807) is 0 Å². The number of alkyl halides is 1. The van der Waals surface area contributed by atoms with Crippen molar-refractivity contribution >= 4 is 22.6 Å². The molecule has 0 aromatic carbocycles. The van der Waals surface area contributed by atoms with E-state index in [1.165, 1.54) is 32.1 Å². The Kier molecular flexibility index (Phi) is 6.04. The van der Waals surface area contributed by atoms with Crippen molar-refractivity contribution in [2.75, 3.05) is 0 Å². The number of fused-ring (bicyclic) bond motifs is 1. The maximum absolute atomic E-state index is 6.27. The van der Waals surface area contributed by atoms with Crippen LogP contribution in [0.15, 0.2) is 18.5 Å². The summed E-state index contributed by atoms with van der Waals surface area (Å²) in [6.45, 7) is 7.56. The predicted molar refractivity (Wildman–Crippen MR) is 89.7 cm³/mol. The molecule has 0 saturated heterocycles. The van der Waals surface area contributed by atoms with Gasteiger partial charge in [-0.15, -0.1) is 11.6 Å². The predicted octanol–water partition coefficient (Wildman–Crippen LogP) is 5.34. The molecular weight excluding hydrogens is 282 g/mol. The molecule has 2 heterocycles. The van der Waals surface area contributed by atoms with Crippen LogP contribution in [0.25, 0.3) is 11.0 Å². The molecule has 21 heavy (non-hydrogen) atoms. The van der Waals surface area contributed by atoms with Crippen LogP contribution >= 0.6 is 11.6 Å². The average molecular weight is 308 g/mol. The van der Waals surface area contributed by atoms with E-state index in [0.717, 1.165) is 29.3 Å². The van der Waals surface area contributed by atoms with Gasteiger partial charge in [-0.2, -0.15) is 0 Å². The molecule has 2 aromatic heterocycles. The van der Waals surface area contributed by atoms with Gasteiger partial charge in [0.15, 0.2) is 0 Å². The number of halogens is 1. The highest BCUT2D eigenvalue weighted by Crippen LogP contribution is 2.24. The van der Waals surface area contributed by atoms with Gasteiger partial charge >= 0.3 is 0 Å². The molecule has 0 saturated carbocycles. The first-order chi connectivity index (χ1) is 10.1. The molecule has 116 valence electrons. The molecule has 0 amide bonds. The molecule has 2 aromatic rings. The highest BCUT2D eigenvalue weighted by atomic mass is 35.5. The number of imidazole rings is 1. The van der Waals surface area contributed by atoms with E-state index in [9.17, 15) is 0 Å². The number of hydrogen-bond acceptors (Lipinski definition) is 2. The van der Waals surface area contributed by atoms with Crippen LogP contribution in [-0.4, -0.2) is 14.5 Å². The molecular formula is C17H26ClN3. The molecule has 0 aliphatic heterocycles. The number of unbranched alkanes of at least 4 members (excludes halogenated alkanes) is 3. The lowest BCUT2D eigenvalue weighted by Crippen LogP contribution is -2.04. The normalized spacial score (nSPS) is 13.2. The van der Waals surface area contributed by atoms with Gasteiger partial charge in [0.25, 0.3) is 0 Å². The fraction of sp³-hybridized carbons (Fsp3) is 0.647. The van der Waals surface area contributed by atoms with E-state index in [-0.39, 0.29) is 5.38 Å². The van der Waals surface area contributed by atoms with E-state index in [2.05, 4.69) is 28.4 Å². The summed E-state index contributed by atoms with van der Waals surface area (Å²) in [6, 6.07) is 2.03. The summed E-state index contributed by atoms with van der Waals surface area (Å²) in [5.74, 6) is 1.78. The first-order valence-corrected chi connectivity index (χ1v) is 8.47. The van der Waals surface area contributed by atoms with Crippen molar-refractivity contribution < 1.29 is 0 Å². The third-order valence-electron chi connectivity index (χ3n) is 3.85. The standard InChI is InChI=1S/C17H26ClN3/c1-13(2)8-6-4-5-7-11-21-16-9-10-19-12-15(16)20-17(21)14(3)18/h9-10,12-14H,4-8,11H2,1-3H3. The number of pyridine rings is 1. The van der Waals surface area contributed by atoms with Crippen LogP contribution in [0.5, 0.6) is 0 Å². The Morgan fingerprint density at radius 1 is 1.14 bits per heavy atom. The van der Waals surface area contributed by atoms with Gasteiger partial charge < -0.3 is 4.57 Å². The Morgan fingerprint density at radius 3 is 2.62 bits per heavy atom. The fourth-order valence-electron chi connectivity index (χ4n) is 2.72. The molecule has 1 unspecified atom stereocenters. The minimum Gasteiger partial charge on any atom is -0.327 e. The summed E-state index contributed by atoms with van der Waals surface area (Å²) >= 11 is 6.27. The second-order valence-corrected chi connectivity index (χ2v) is 6.85. The van der Waals surface area contributed by atoms with Gasteiger partial charge in [-0.3, -0.25) is 4.98 Å². The van der Waals surface area contributed by atoms with Gasteiger partial charge in [0.1, 0.15) is 11.3 Å². The van der Waals surface area contributed by atoms with Crippen molar-refractivity contribution in [2.24, 2.45) is 5.92 Å². The molecule has 3 nitrogen and oxygen atoms in total. The molecule has 0 N–H and O–H groups in total. The SMILES string of the molecule is CC(C)CCCCCCn1c(C(C)Cl)nc2cnccc21. The number of aromatic nitrogens is 3. The summed E-state index contributed by atoms with van der Waals surface area (Å²) in [5, 5.41) is -0.0710. The molecule has 0 spiro atoms. The van der Waals surface area contributed by atoms with Gasteiger partial charge in [0.05, 0.1) is 17.1 Å². The summed E-state index contributed by atoms with van der Waals surface area (Å²) in [7, 11) is 0. The number of hydrogen-bond donors (Lipinski definition) is 0. The topological polar surface area (TPSA) is 30.7 Å². The Hall–Kier alpha value is -1.09. The van der Waals surface area contributed by atoms with Gasteiger partial charge in [-0.25, -0.2) is 4.98 Å². The minimum atomic E-state index is -0.0710. The van der Waals surface area contributed by atoms with E-state index in [4.69, 9.17) is 11.6 Å². The Morgan fingerprint density at radius 2 is 1.90 bits per heavy atom. The number of aryl methyl sites for hydroxylation is 1. The van der Waals surface area contributed by atoms with E-state index >= 15 is 0 Å². The molecule has 0 aliphatic carbocycles. The molecule has 0 radical (unpaired) electrons. The Balaban J connectivity index is 1.96. The third-order valence-corrected chi connectivity index (χ3v) is 4.04. The maximum atomic E-state index is 6.27. The van der Waals surface area contributed by atoms with Gasteiger partial charge in [-0.05, 0) is 25.3 Å². The monoisotopic (exact) mass is 307 g/mol. The lowest BCUT2D eigenvalue weighted by atomic mass is 10.0. The van der Waals surface area contributed by atoms with E-state index in [1.807, 2.05) is 25.4 Å². The van der Waals surface area contributed by atoms with Gasteiger partial charge in [0.2, 0.25) is 0 Å². The van der Waals surface area contributed by atoms with Crippen LogP contribution < -0.4 is 0 Å². The lowest BCUT2D eigenvalue weighted by Gasteiger charge is -2.10. The van der Waals surface area contributed by atoms with Crippen molar-refractivity contribution in [3.8, 4) is 0 Å². The summed E-state index contributed by atoms with van der Waals surface area (Å²) < 4.78 is 2.26. The zero-order valence-electron chi connectivity index (χ0n) is 13.3. The second kappa shape index (κ2) is 7.79. The summed E-state index contributed by atoms with van der Waals surface area (Å²) in [5.41, 5.74) is 2.09. The highest BCUT2D eigenvalue weighted by molar-refractivity contribution is 6.20. The minimum absolute atomic E-state index is 0.0710. The summed E-state index contributed by atoms with van der Waals surface area (Å²) in [4.78, 5) is 8.76. The van der Waals surface area contributed by atoms with Crippen molar-refractivity contribution in [1.82, 2.24) is 14.5 Å². The molecule has 1 atom stereocenters. The van der Waals surface area contributed by atoms with Crippen LogP contribution in [-0.2, 0) is 6.54 Å². The molecule has 2 rings (SSSR count). The van der Waals surface area contributed by atoms with Gasteiger partial charge in [0, 0.05) is 12.7 Å². The first kappa shape index (κ1) is 16.3. The molecule has 0 bridgehead atoms. The van der Waals surface area contributed by atoms with E-state index in [0.29, 0.717) is 0 Å². The molecule has 4 heteroatoms. The number of rotatable bonds is 8. The van der Waals surface area contributed by atoms with Crippen molar-refractivity contribution in [2.45, 2.75) is 64.8 Å². The zero-order chi connectivity index (χ0) is 15.2. The van der Waals surface area contributed by atoms with Crippen LogP contribution in [0.3, 0.4) is 0 Å². The smallest absolute Gasteiger partial charge is 0.127 e. The average Bonchev–Trinajstić information content (AvgIpc) is 2.81. The van der Waals surface area contributed by atoms with Crippen molar-refractivity contribution in [3.05, 3.63) is 24.3 Å². The fourth-order valence-corrected chi connectivity index (χ4v) is 2.88. The van der Waals surface area contributed by atoms with Crippen LogP contribution in [0, 0.1) is 5.92 Å². The van der Waals surface area contributed by atoms with Gasteiger partial charge in [-0.1, -0.05) is 39.5 Å². The number of nitrogens with zero attached hydrogens (tertiary/aromatic N) is 3. The largest absolute Gasteiger partial charge is 0.327 e. The van der Waals surface area contributed by atoms with Crippen LogP contribution in [0.2, 0.25) is 0 Å². The van der Waals surface area contributed by atoms with Crippen LogP contribution in [0.4, 0.5) is 0 Å². The summed E-state index contributed by atoms with van der Waals surface area (Å²) in [6.07, 6.45) is 10.1. The maximum Gasteiger partial charge on any atom is 0.127 e. The van der Waals surface area contributed by atoms with Crippen molar-refractivity contribution in [1.29, 1.82) is 0 Å². The zero-order valence-corrected chi connectivity index (χ0v) is 14.1. The third kappa shape index (κ3) is 4.44. The Bertz CT molecular complexity index is 560. The molecule has 0 fully saturated rings. The lowest BCUT2D eigenvalue weighted by molar-refractivity contribution is 0.504. The van der Waals surface area contributed by atoms with E-state index < -0.39 is 0 Å². The van der Waals surface area contributed by atoms with Crippen LogP contribution in [0.1, 0.15) is 64.1 Å². The highest BCUT2D eigenvalue weighted by Gasteiger charge is 2.14. The molecule has 0 aliphatic rings. The first-order valence-electron chi connectivity index (χ1n) is 8.03. The van der Waals surface area contributed by atoms with Crippen molar-refractivity contribution in [3.63, 3.8) is 0 Å². The Labute approximate surface area is 132 Å². The second-order valence-electron chi connectivity index (χ2n) is 6.20.